The molecule has 0 bridgehead atoms. The highest BCUT2D eigenvalue weighted by molar-refractivity contribution is 5.52. The molecule has 106 valence electrons. The molecular weight excluding hydrogens is 234 g/mol. The maximum atomic E-state index is 3.40. The van der Waals surface area contributed by atoms with Gasteiger partial charge in [0, 0.05) is 45.5 Å². The zero-order valence-electron chi connectivity index (χ0n) is 12.4. The molecule has 19 heavy (non-hydrogen) atoms. The normalized spacial score (nSPS) is 16.5. The Kier molecular flexibility index (Phi) is 5.67. The van der Waals surface area contributed by atoms with E-state index in [1.54, 1.807) is 0 Å². The number of anilines is 1. The topological polar surface area (TPSA) is 18.5 Å². The summed E-state index contributed by atoms with van der Waals surface area (Å²) in [5, 5.41) is 3.40. The van der Waals surface area contributed by atoms with Gasteiger partial charge in [0.05, 0.1) is 0 Å². The van der Waals surface area contributed by atoms with Crippen molar-refractivity contribution in [3.63, 3.8) is 0 Å². The monoisotopic (exact) mass is 261 g/mol. The van der Waals surface area contributed by atoms with Gasteiger partial charge in [-0.15, -0.1) is 0 Å². The van der Waals surface area contributed by atoms with E-state index in [9.17, 15) is 0 Å². The van der Waals surface area contributed by atoms with Gasteiger partial charge in [0.2, 0.25) is 0 Å². The molecule has 0 aliphatic carbocycles. The molecule has 1 fully saturated rings. The van der Waals surface area contributed by atoms with E-state index < -0.39 is 0 Å². The lowest BCUT2D eigenvalue weighted by molar-refractivity contribution is 0.237. The lowest BCUT2D eigenvalue weighted by Crippen LogP contribution is -2.43. The van der Waals surface area contributed by atoms with Crippen LogP contribution in [0.1, 0.15) is 18.4 Å². The second-order valence-electron chi connectivity index (χ2n) is 5.51. The quantitative estimate of drug-likeness (QED) is 0.791. The summed E-state index contributed by atoms with van der Waals surface area (Å²) < 4.78 is 0. The molecule has 3 heteroatoms. The number of nitrogens with zero attached hydrogens (tertiary/aromatic N) is 2. The summed E-state index contributed by atoms with van der Waals surface area (Å²) in [4.78, 5) is 4.96. The van der Waals surface area contributed by atoms with Gasteiger partial charge in [-0.25, -0.2) is 0 Å². The van der Waals surface area contributed by atoms with E-state index in [-0.39, 0.29) is 0 Å². The lowest BCUT2D eigenvalue weighted by Gasteiger charge is -2.27. The minimum atomic E-state index is 1.15. The van der Waals surface area contributed by atoms with Gasteiger partial charge in [0.15, 0.2) is 0 Å². The first kappa shape index (κ1) is 14.4. The third-order valence-corrected chi connectivity index (χ3v) is 3.95. The average molecular weight is 261 g/mol. The number of hydrogen-bond donors (Lipinski definition) is 1. The zero-order valence-corrected chi connectivity index (χ0v) is 12.4. The van der Waals surface area contributed by atoms with Gasteiger partial charge in [-0.3, -0.25) is 0 Å². The van der Waals surface area contributed by atoms with E-state index in [1.165, 1.54) is 43.7 Å². The Balaban J connectivity index is 1.66. The molecule has 0 atom stereocenters. The Morgan fingerprint density at radius 3 is 2.63 bits per heavy atom. The summed E-state index contributed by atoms with van der Waals surface area (Å²) in [7, 11) is 2.20. The van der Waals surface area contributed by atoms with E-state index >= 15 is 0 Å². The highest BCUT2D eigenvalue weighted by Crippen LogP contribution is 2.18. The number of nitrogens with one attached hydrogen (secondary N) is 1. The standard InChI is InChI=1S/C16H27N3/c1-15-7-3-4-8-16(15)18(2)11-5-6-12-19-13-9-17-10-14-19/h3-4,7-8,17H,5-6,9-14H2,1-2H3. The number of piperazine rings is 1. The van der Waals surface area contributed by atoms with Crippen molar-refractivity contribution in [2.45, 2.75) is 19.8 Å². The molecule has 1 aliphatic heterocycles. The first-order valence-electron chi connectivity index (χ1n) is 7.47. The number of aryl methyl sites for hydroxylation is 1. The van der Waals surface area contributed by atoms with Gasteiger partial charge < -0.3 is 15.1 Å². The third-order valence-electron chi connectivity index (χ3n) is 3.95. The molecular formula is C16H27N3. The van der Waals surface area contributed by atoms with Crippen molar-refractivity contribution in [1.29, 1.82) is 0 Å². The van der Waals surface area contributed by atoms with Crippen molar-refractivity contribution in [2.24, 2.45) is 0 Å². The van der Waals surface area contributed by atoms with Crippen molar-refractivity contribution < 1.29 is 0 Å². The van der Waals surface area contributed by atoms with Gasteiger partial charge in [-0.1, -0.05) is 18.2 Å². The number of unbranched alkanes of at least 4 members (excludes halogenated alkanes) is 1. The van der Waals surface area contributed by atoms with E-state index in [4.69, 9.17) is 0 Å². The number of hydrogen-bond acceptors (Lipinski definition) is 3. The highest BCUT2D eigenvalue weighted by Gasteiger charge is 2.09. The van der Waals surface area contributed by atoms with Crippen molar-refractivity contribution in [2.75, 3.05) is 51.2 Å². The molecule has 1 aromatic rings. The number of rotatable bonds is 6. The second kappa shape index (κ2) is 7.51. The average Bonchev–Trinajstić information content (AvgIpc) is 2.45. The van der Waals surface area contributed by atoms with Crippen molar-refractivity contribution in [3.05, 3.63) is 29.8 Å². The van der Waals surface area contributed by atoms with Gasteiger partial charge in [-0.05, 0) is 37.9 Å². The predicted molar refractivity (Wildman–Crippen MR) is 83.0 cm³/mol. The molecule has 1 aromatic carbocycles. The first-order valence-corrected chi connectivity index (χ1v) is 7.47. The molecule has 0 spiro atoms. The minimum Gasteiger partial charge on any atom is -0.374 e. The molecule has 1 aliphatic rings. The van der Waals surface area contributed by atoms with Crippen molar-refractivity contribution >= 4 is 5.69 Å². The van der Waals surface area contributed by atoms with E-state index in [0.717, 1.165) is 19.6 Å². The zero-order chi connectivity index (χ0) is 13.5. The second-order valence-corrected chi connectivity index (χ2v) is 5.51. The molecule has 0 saturated carbocycles. The maximum Gasteiger partial charge on any atom is 0.0393 e. The van der Waals surface area contributed by atoms with Crippen LogP contribution in [0, 0.1) is 6.92 Å². The Morgan fingerprint density at radius 1 is 1.16 bits per heavy atom. The molecule has 3 nitrogen and oxygen atoms in total. The third kappa shape index (κ3) is 4.51. The van der Waals surface area contributed by atoms with Crippen LogP contribution < -0.4 is 10.2 Å². The van der Waals surface area contributed by atoms with Crippen LogP contribution in [-0.2, 0) is 0 Å². The van der Waals surface area contributed by atoms with E-state index in [1.807, 2.05) is 0 Å². The Hall–Kier alpha value is -1.06. The fourth-order valence-corrected chi connectivity index (χ4v) is 2.73. The summed E-state index contributed by atoms with van der Waals surface area (Å²) in [6, 6.07) is 8.63. The van der Waals surface area contributed by atoms with Crippen LogP contribution >= 0.6 is 0 Å². The van der Waals surface area contributed by atoms with Crippen LogP contribution in [0.25, 0.3) is 0 Å². The maximum absolute atomic E-state index is 3.40. The van der Waals surface area contributed by atoms with Crippen LogP contribution in [0.3, 0.4) is 0 Å². The van der Waals surface area contributed by atoms with E-state index in [2.05, 4.69) is 53.4 Å². The Bertz CT molecular complexity index is 372. The summed E-state index contributed by atoms with van der Waals surface area (Å²) >= 11 is 0. The van der Waals surface area contributed by atoms with Crippen LogP contribution in [0.15, 0.2) is 24.3 Å². The summed E-state index contributed by atoms with van der Waals surface area (Å²) in [6.07, 6.45) is 2.57. The molecule has 2 rings (SSSR count). The number of para-hydroxylation sites is 1. The fourth-order valence-electron chi connectivity index (χ4n) is 2.73. The van der Waals surface area contributed by atoms with Gasteiger partial charge >= 0.3 is 0 Å². The molecule has 1 heterocycles. The van der Waals surface area contributed by atoms with Crippen LogP contribution in [-0.4, -0.2) is 51.2 Å². The molecule has 0 unspecified atom stereocenters. The fraction of sp³-hybridized carbons (Fsp3) is 0.625. The van der Waals surface area contributed by atoms with Crippen LogP contribution in [0.4, 0.5) is 5.69 Å². The van der Waals surface area contributed by atoms with Crippen LogP contribution in [0.5, 0.6) is 0 Å². The Morgan fingerprint density at radius 2 is 1.89 bits per heavy atom. The predicted octanol–water partition coefficient (Wildman–Crippen LogP) is 2.12. The first-order chi connectivity index (χ1) is 9.27. The molecule has 0 radical (unpaired) electrons. The SMILES string of the molecule is Cc1ccccc1N(C)CCCCN1CCNCC1. The largest absolute Gasteiger partial charge is 0.374 e. The van der Waals surface area contributed by atoms with Gasteiger partial charge in [0.1, 0.15) is 0 Å². The van der Waals surface area contributed by atoms with Crippen LogP contribution in [0.2, 0.25) is 0 Å². The van der Waals surface area contributed by atoms with E-state index in [0.29, 0.717) is 0 Å². The van der Waals surface area contributed by atoms with Crippen molar-refractivity contribution in [1.82, 2.24) is 10.2 Å². The summed E-state index contributed by atoms with van der Waals surface area (Å²) in [5.74, 6) is 0. The van der Waals surface area contributed by atoms with Gasteiger partial charge in [0.25, 0.3) is 0 Å². The summed E-state index contributed by atoms with van der Waals surface area (Å²) in [5.41, 5.74) is 2.73. The molecule has 0 amide bonds. The smallest absolute Gasteiger partial charge is 0.0393 e. The lowest BCUT2D eigenvalue weighted by atomic mass is 10.1. The minimum absolute atomic E-state index is 1.15. The Labute approximate surface area is 117 Å². The number of benzene rings is 1. The van der Waals surface area contributed by atoms with Gasteiger partial charge in [-0.2, -0.15) is 0 Å². The molecule has 1 saturated heterocycles. The summed E-state index contributed by atoms with van der Waals surface area (Å²) in [6.45, 7) is 9.33. The molecule has 1 N–H and O–H groups in total. The van der Waals surface area contributed by atoms with Crippen molar-refractivity contribution in [3.8, 4) is 0 Å². The highest BCUT2D eigenvalue weighted by atomic mass is 15.2. The molecule has 0 aromatic heterocycles.